The second-order valence-corrected chi connectivity index (χ2v) is 6.39. The summed E-state index contributed by atoms with van der Waals surface area (Å²) in [6, 6.07) is 19.1. The zero-order chi connectivity index (χ0) is 18.4. The van der Waals surface area contributed by atoms with E-state index in [1.54, 1.807) is 18.3 Å². The van der Waals surface area contributed by atoms with Crippen LogP contribution in [0.25, 0.3) is 0 Å². The molecule has 2 N–H and O–H groups in total. The van der Waals surface area contributed by atoms with Crippen molar-refractivity contribution in [1.29, 1.82) is 0 Å². The molecule has 132 valence electrons. The number of carbonyl (C=O) groups is 1. The number of nitrogens with one attached hydrogen (secondary N) is 2. The van der Waals surface area contributed by atoms with Crippen molar-refractivity contribution in [3.8, 4) is 0 Å². The standard InChI is InChI=1S/C21H20ClN3O/c1-15-6-2-3-7-17(15)13-24-20-12-16(10-11-23-20)21(26)25-14-18-8-4-5-9-19(18)22/h2-12H,13-14H2,1H3,(H,23,24)(H,25,26). The molecule has 4 nitrogen and oxygen atoms in total. The van der Waals surface area contributed by atoms with Crippen LogP contribution in [0.3, 0.4) is 0 Å². The summed E-state index contributed by atoms with van der Waals surface area (Å²) < 4.78 is 0. The number of benzene rings is 2. The van der Waals surface area contributed by atoms with Crippen molar-refractivity contribution in [2.45, 2.75) is 20.0 Å². The molecule has 1 heterocycles. The van der Waals surface area contributed by atoms with E-state index in [2.05, 4.69) is 34.7 Å². The minimum absolute atomic E-state index is 0.161. The van der Waals surface area contributed by atoms with Crippen molar-refractivity contribution in [2.24, 2.45) is 0 Å². The molecule has 0 saturated carbocycles. The zero-order valence-corrected chi connectivity index (χ0v) is 15.3. The molecule has 2 aromatic carbocycles. The van der Waals surface area contributed by atoms with Crippen molar-refractivity contribution in [1.82, 2.24) is 10.3 Å². The van der Waals surface area contributed by atoms with E-state index in [0.717, 1.165) is 5.56 Å². The van der Waals surface area contributed by atoms with Gasteiger partial charge in [0.2, 0.25) is 0 Å². The molecule has 0 bridgehead atoms. The Bertz CT molecular complexity index is 911. The van der Waals surface area contributed by atoms with Gasteiger partial charge in [0.05, 0.1) is 0 Å². The number of aryl methyl sites for hydroxylation is 1. The number of amides is 1. The van der Waals surface area contributed by atoms with Gasteiger partial charge in [-0.2, -0.15) is 0 Å². The molecule has 0 radical (unpaired) electrons. The number of hydrogen-bond donors (Lipinski definition) is 2. The van der Waals surface area contributed by atoms with Gasteiger partial charge in [0.1, 0.15) is 5.82 Å². The van der Waals surface area contributed by atoms with Gasteiger partial charge < -0.3 is 10.6 Å². The lowest BCUT2D eigenvalue weighted by Crippen LogP contribution is -2.23. The Labute approximate surface area is 158 Å². The third kappa shape index (κ3) is 4.61. The minimum atomic E-state index is -0.161. The maximum atomic E-state index is 12.4. The van der Waals surface area contributed by atoms with Crippen LogP contribution in [0, 0.1) is 6.92 Å². The smallest absolute Gasteiger partial charge is 0.251 e. The van der Waals surface area contributed by atoms with Gasteiger partial charge >= 0.3 is 0 Å². The molecule has 26 heavy (non-hydrogen) atoms. The van der Waals surface area contributed by atoms with Crippen molar-refractivity contribution < 1.29 is 4.79 Å². The van der Waals surface area contributed by atoms with E-state index >= 15 is 0 Å². The van der Waals surface area contributed by atoms with E-state index in [1.807, 2.05) is 36.4 Å². The summed E-state index contributed by atoms with van der Waals surface area (Å²) in [6.45, 7) is 3.11. The Morgan fingerprint density at radius 3 is 2.50 bits per heavy atom. The molecule has 3 rings (SSSR count). The third-order valence-corrected chi connectivity index (χ3v) is 4.51. The van der Waals surface area contributed by atoms with Gasteiger partial charge in [-0.05, 0) is 41.8 Å². The highest BCUT2D eigenvalue weighted by Crippen LogP contribution is 2.15. The summed E-state index contributed by atoms with van der Waals surface area (Å²) in [5.74, 6) is 0.505. The van der Waals surface area contributed by atoms with Crippen molar-refractivity contribution in [3.63, 3.8) is 0 Å². The summed E-state index contributed by atoms with van der Waals surface area (Å²) in [7, 11) is 0. The van der Waals surface area contributed by atoms with E-state index in [9.17, 15) is 4.79 Å². The van der Waals surface area contributed by atoms with E-state index in [-0.39, 0.29) is 5.91 Å². The van der Waals surface area contributed by atoms with Gasteiger partial charge in [0.25, 0.3) is 5.91 Å². The van der Waals surface area contributed by atoms with Crippen LogP contribution in [-0.4, -0.2) is 10.9 Å². The van der Waals surface area contributed by atoms with Crippen LogP contribution in [-0.2, 0) is 13.1 Å². The fourth-order valence-corrected chi connectivity index (χ4v) is 2.78. The normalized spacial score (nSPS) is 10.4. The molecule has 0 aliphatic heterocycles. The van der Waals surface area contributed by atoms with Crippen molar-refractivity contribution >= 4 is 23.3 Å². The predicted molar refractivity (Wildman–Crippen MR) is 105 cm³/mol. The van der Waals surface area contributed by atoms with Crippen LogP contribution in [0.15, 0.2) is 66.9 Å². The van der Waals surface area contributed by atoms with Gasteiger partial charge in [-0.1, -0.05) is 54.1 Å². The SMILES string of the molecule is Cc1ccccc1CNc1cc(C(=O)NCc2ccccc2Cl)ccn1. The van der Waals surface area contributed by atoms with Crippen molar-refractivity contribution in [3.05, 3.63) is 94.1 Å². The van der Waals surface area contributed by atoms with Crippen LogP contribution in [0.2, 0.25) is 5.02 Å². The molecule has 0 unspecified atom stereocenters. The zero-order valence-electron chi connectivity index (χ0n) is 14.5. The number of pyridine rings is 1. The number of carbonyl (C=O) groups excluding carboxylic acids is 1. The Kier molecular flexibility index (Phi) is 5.87. The van der Waals surface area contributed by atoms with E-state index in [0.29, 0.717) is 29.5 Å². The highest BCUT2D eigenvalue weighted by Gasteiger charge is 2.08. The fourth-order valence-electron chi connectivity index (χ4n) is 2.58. The van der Waals surface area contributed by atoms with Gasteiger partial charge in [0, 0.05) is 29.9 Å². The fraction of sp³-hybridized carbons (Fsp3) is 0.143. The molecule has 0 saturated heterocycles. The molecule has 5 heteroatoms. The average molecular weight is 366 g/mol. The number of anilines is 1. The summed E-state index contributed by atoms with van der Waals surface area (Å²) in [4.78, 5) is 16.7. The minimum Gasteiger partial charge on any atom is -0.366 e. The number of nitrogens with zero attached hydrogens (tertiary/aromatic N) is 1. The second-order valence-electron chi connectivity index (χ2n) is 5.98. The van der Waals surface area contributed by atoms with Crippen molar-refractivity contribution in [2.75, 3.05) is 5.32 Å². The Morgan fingerprint density at radius 1 is 1.00 bits per heavy atom. The van der Waals surface area contributed by atoms with E-state index in [1.165, 1.54) is 11.1 Å². The summed E-state index contributed by atoms with van der Waals surface area (Å²) >= 11 is 6.12. The Balaban J connectivity index is 1.62. The lowest BCUT2D eigenvalue weighted by atomic mass is 10.1. The molecule has 1 aromatic heterocycles. The van der Waals surface area contributed by atoms with Crippen LogP contribution in [0.1, 0.15) is 27.0 Å². The monoisotopic (exact) mass is 365 g/mol. The number of aromatic nitrogens is 1. The largest absolute Gasteiger partial charge is 0.366 e. The van der Waals surface area contributed by atoms with Crippen LogP contribution < -0.4 is 10.6 Å². The molecule has 3 aromatic rings. The predicted octanol–water partition coefficient (Wildman–Crippen LogP) is 4.59. The molecule has 0 aliphatic carbocycles. The van der Waals surface area contributed by atoms with E-state index in [4.69, 9.17) is 11.6 Å². The maximum absolute atomic E-state index is 12.4. The van der Waals surface area contributed by atoms with Crippen LogP contribution in [0.5, 0.6) is 0 Å². The number of halogens is 1. The molecular weight excluding hydrogens is 346 g/mol. The molecule has 1 amide bonds. The van der Waals surface area contributed by atoms with E-state index < -0.39 is 0 Å². The first kappa shape index (κ1) is 18.0. The van der Waals surface area contributed by atoms with Gasteiger partial charge in [-0.15, -0.1) is 0 Å². The first-order chi connectivity index (χ1) is 12.6. The first-order valence-electron chi connectivity index (χ1n) is 8.39. The quantitative estimate of drug-likeness (QED) is 0.672. The van der Waals surface area contributed by atoms with Gasteiger partial charge in [-0.3, -0.25) is 4.79 Å². The van der Waals surface area contributed by atoms with Crippen LogP contribution in [0.4, 0.5) is 5.82 Å². The second kappa shape index (κ2) is 8.50. The molecular formula is C21H20ClN3O. The van der Waals surface area contributed by atoms with Gasteiger partial charge in [-0.25, -0.2) is 4.98 Å². The first-order valence-corrected chi connectivity index (χ1v) is 8.77. The highest BCUT2D eigenvalue weighted by molar-refractivity contribution is 6.31. The Hall–Kier alpha value is -2.85. The summed E-state index contributed by atoms with van der Waals surface area (Å²) in [5.41, 5.74) is 3.85. The number of rotatable bonds is 6. The topological polar surface area (TPSA) is 54.0 Å². The molecule has 0 fully saturated rings. The average Bonchev–Trinajstić information content (AvgIpc) is 2.67. The van der Waals surface area contributed by atoms with Gasteiger partial charge in [0.15, 0.2) is 0 Å². The molecule has 0 spiro atoms. The summed E-state index contributed by atoms with van der Waals surface area (Å²) in [6.07, 6.45) is 1.63. The summed E-state index contributed by atoms with van der Waals surface area (Å²) in [5, 5.41) is 6.80. The van der Waals surface area contributed by atoms with Crippen LogP contribution >= 0.6 is 11.6 Å². The maximum Gasteiger partial charge on any atom is 0.251 e. The lowest BCUT2D eigenvalue weighted by molar-refractivity contribution is 0.0951. The Morgan fingerprint density at radius 2 is 1.73 bits per heavy atom. The third-order valence-electron chi connectivity index (χ3n) is 4.14. The highest BCUT2D eigenvalue weighted by atomic mass is 35.5. The molecule has 0 atom stereocenters. The molecule has 0 aliphatic rings. The number of hydrogen-bond acceptors (Lipinski definition) is 3. The lowest BCUT2D eigenvalue weighted by Gasteiger charge is -2.10.